The van der Waals surface area contributed by atoms with Gasteiger partial charge in [0.2, 0.25) is 5.91 Å². The molecule has 2 aromatic carbocycles. The van der Waals surface area contributed by atoms with Crippen molar-refractivity contribution in [1.29, 1.82) is 0 Å². The predicted molar refractivity (Wildman–Crippen MR) is 113 cm³/mol. The summed E-state index contributed by atoms with van der Waals surface area (Å²) < 4.78 is 10.5. The van der Waals surface area contributed by atoms with Crippen LogP contribution < -0.4 is 14.8 Å². The second-order valence-corrected chi connectivity index (χ2v) is 7.45. The molecule has 0 atom stereocenters. The number of benzene rings is 2. The Balaban J connectivity index is 1.60. The number of methoxy groups -OCH3 is 2. The van der Waals surface area contributed by atoms with Gasteiger partial charge in [-0.1, -0.05) is 17.7 Å². The molecular formula is C22H25ClN2O4. The molecule has 3 rings (SSSR count). The molecule has 0 spiro atoms. The predicted octanol–water partition coefficient (Wildman–Crippen LogP) is 4.16. The summed E-state index contributed by atoms with van der Waals surface area (Å²) in [4.78, 5) is 27.2. The first kappa shape index (κ1) is 21.0. The summed E-state index contributed by atoms with van der Waals surface area (Å²) in [5, 5.41) is 3.59. The summed E-state index contributed by atoms with van der Waals surface area (Å²) in [5.41, 5.74) is 2.12. The minimum Gasteiger partial charge on any atom is -0.493 e. The third-order valence-corrected chi connectivity index (χ3v) is 5.72. The fourth-order valence-corrected chi connectivity index (χ4v) is 3.65. The summed E-state index contributed by atoms with van der Waals surface area (Å²) in [7, 11) is 3.10. The van der Waals surface area contributed by atoms with Gasteiger partial charge in [0.15, 0.2) is 11.5 Å². The van der Waals surface area contributed by atoms with Crippen LogP contribution in [0, 0.1) is 12.8 Å². The van der Waals surface area contributed by atoms with Crippen molar-refractivity contribution < 1.29 is 19.1 Å². The van der Waals surface area contributed by atoms with Crippen LogP contribution in [0.5, 0.6) is 11.5 Å². The molecule has 0 unspecified atom stereocenters. The number of anilines is 1. The lowest BCUT2D eigenvalue weighted by molar-refractivity contribution is -0.121. The Morgan fingerprint density at radius 3 is 2.41 bits per heavy atom. The maximum atomic E-state index is 12.8. The van der Waals surface area contributed by atoms with E-state index in [0.717, 1.165) is 11.3 Å². The average Bonchev–Trinajstić information content (AvgIpc) is 2.76. The number of hydrogen-bond donors (Lipinski definition) is 1. The van der Waals surface area contributed by atoms with Crippen molar-refractivity contribution in [3.63, 3.8) is 0 Å². The van der Waals surface area contributed by atoms with E-state index in [1.165, 1.54) is 7.11 Å². The molecule has 1 aliphatic heterocycles. The van der Waals surface area contributed by atoms with Crippen LogP contribution in [-0.4, -0.2) is 44.0 Å². The Kier molecular flexibility index (Phi) is 6.64. The first-order valence-electron chi connectivity index (χ1n) is 9.52. The normalized spacial score (nSPS) is 14.4. The molecule has 1 fully saturated rings. The van der Waals surface area contributed by atoms with Crippen LogP contribution in [0.1, 0.15) is 28.8 Å². The van der Waals surface area contributed by atoms with Crippen LogP contribution >= 0.6 is 11.6 Å². The van der Waals surface area contributed by atoms with Gasteiger partial charge in [-0.25, -0.2) is 0 Å². The van der Waals surface area contributed by atoms with Gasteiger partial charge in [-0.05, 0) is 55.7 Å². The van der Waals surface area contributed by atoms with Gasteiger partial charge in [0.1, 0.15) is 0 Å². The summed E-state index contributed by atoms with van der Waals surface area (Å²) in [6.07, 6.45) is 1.23. The largest absolute Gasteiger partial charge is 0.493 e. The third-order valence-electron chi connectivity index (χ3n) is 5.31. The van der Waals surface area contributed by atoms with Crippen molar-refractivity contribution >= 4 is 29.1 Å². The van der Waals surface area contributed by atoms with Gasteiger partial charge in [-0.15, -0.1) is 0 Å². The number of piperidine rings is 1. The van der Waals surface area contributed by atoms with E-state index >= 15 is 0 Å². The van der Waals surface area contributed by atoms with E-state index in [4.69, 9.17) is 21.1 Å². The molecule has 0 bridgehead atoms. The lowest BCUT2D eigenvalue weighted by Gasteiger charge is -2.31. The average molecular weight is 417 g/mol. The molecule has 0 radical (unpaired) electrons. The first-order valence-corrected chi connectivity index (χ1v) is 9.89. The molecule has 0 aliphatic carbocycles. The van der Waals surface area contributed by atoms with Gasteiger partial charge in [-0.2, -0.15) is 0 Å². The molecule has 7 heteroatoms. The van der Waals surface area contributed by atoms with Crippen LogP contribution in [0.2, 0.25) is 5.02 Å². The van der Waals surface area contributed by atoms with E-state index in [2.05, 4.69) is 5.32 Å². The van der Waals surface area contributed by atoms with E-state index < -0.39 is 0 Å². The highest BCUT2D eigenvalue weighted by molar-refractivity contribution is 6.31. The van der Waals surface area contributed by atoms with Gasteiger partial charge in [-0.3, -0.25) is 9.59 Å². The fraction of sp³-hybridized carbons (Fsp3) is 0.364. The molecule has 1 heterocycles. The first-order chi connectivity index (χ1) is 13.9. The second-order valence-electron chi connectivity index (χ2n) is 7.04. The van der Waals surface area contributed by atoms with Gasteiger partial charge in [0.05, 0.1) is 14.2 Å². The Morgan fingerprint density at radius 1 is 1.07 bits per heavy atom. The molecule has 1 aliphatic rings. The van der Waals surface area contributed by atoms with E-state index in [-0.39, 0.29) is 17.7 Å². The zero-order valence-corrected chi connectivity index (χ0v) is 17.6. The topological polar surface area (TPSA) is 67.9 Å². The highest BCUT2D eigenvalue weighted by Crippen LogP contribution is 2.29. The number of ether oxygens (including phenoxy) is 2. The number of halogens is 1. The van der Waals surface area contributed by atoms with Crippen LogP contribution in [0.3, 0.4) is 0 Å². The Bertz CT molecular complexity index is 908. The van der Waals surface area contributed by atoms with Gasteiger partial charge < -0.3 is 19.7 Å². The zero-order valence-electron chi connectivity index (χ0n) is 16.8. The van der Waals surface area contributed by atoms with Crippen molar-refractivity contribution in [2.75, 3.05) is 32.6 Å². The number of hydrogen-bond acceptors (Lipinski definition) is 4. The smallest absolute Gasteiger partial charge is 0.253 e. The molecule has 29 heavy (non-hydrogen) atoms. The fourth-order valence-electron chi connectivity index (χ4n) is 3.47. The molecule has 1 N–H and O–H groups in total. The van der Waals surface area contributed by atoms with Crippen LogP contribution in [0.4, 0.5) is 5.69 Å². The molecule has 2 amide bonds. The van der Waals surface area contributed by atoms with Crippen molar-refractivity contribution in [2.24, 2.45) is 5.92 Å². The minimum absolute atomic E-state index is 0.0337. The van der Waals surface area contributed by atoms with E-state index in [0.29, 0.717) is 48.0 Å². The molecule has 2 aromatic rings. The monoisotopic (exact) mass is 416 g/mol. The third kappa shape index (κ3) is 4.65. The van der Waals surface area contributed by atoms with Gasteiger partial charge >= 0.3 is 0 Å². The highest BCUT2D eigenvalue weighted by Gasteiger charge is 2.28. The van der Waals surface area contributed by atoms with E-state index in [9.17, 15) is 9.59 Å². The molecular weight excluding hydrogens is 392 g/mol. The quantitative estimate of drug-likeness (QED) is 0.794. The summed E-state index contributed by atoms with van der Waals surface area (Å²) in [6.45, 7) is 2.93. The number of amides is 2. The molecule has 0 aromatic heterocycles. The standard InChI is InChI=1S/C22H25ClN2O4/c1-14-17(23)5-4-6-18(14)24-21(26)15-9-11-25(12-10-15)22(27)16-7-8-19(28-2)20(13-16)29-3/h4-8,13,15H,9-12H2,1-3H3,(H,24,26). The van der Waals surface area contributed by atoms with Crippen LogP contribution in [0.15, 0.2) is 36.4 Å². The number of carbonyl (C=O) groups is 2. The summed E-state index contributed by atoms with van der Waals surface area (Å²) in [5.74, 6) is 0.854. The second kappa shape index (κ2) is 9.18. The number of likely N-dealkylation sites (tertiary alicyclic amines) is 1. The van der Waals surface area contributed by atoms with E-state index in [1.54, 1.807) is 36.3 Å². The molecule has 0 saturated carbocycles. The lowest BCUT2D eigenvalue weighted by Crippen LogP contribution is -2.41. The maximum Gasteiger partial charge on any atom is 0.253 e. The minimum atomic E-state index is -0.136. The van der Waals surface area contributed by atoms with Gasteiger partial charge in [0, 0.05) is 35.3 Å². The number of nitrogens with one attached hydrogen (secondary N) is 1. The van der Waals surface area contributed by atoms with Crippen LogP contribution in [0.25, 0.3) is 0 Å². The van der Waals surface area contributed by atoms with Crippen molar-refractivity contribution in [1.82, 2.24) is 4.90 Å². The van der Waals surface area contributed by atoms with Crippen molar-refractivity contribution in [3.8, 4) is 11.5 Å². The number of nitrogens with zero attached hydrogens (tertiary/aromatic N) is 1. The Labute approximate surface area is 175 Å². The number of carbonyl (C=O) groups excluding carboxylic acids is 2. The van der Waals surface area contributed by atoms with Crippen molar-refractivity contribution in [3.05, 3.63) is 52.5 Å². The van der Waals surface area contributed by atoms with E-state index in [1.807, 2.05) is 19.1 Å². The Morgan fingerprint density at radius 2 is 1.76 bits per heavy atom. The van der Waals surface area contributed by atoms with Crippen molar-refractivity contribution in [2.45, 2.75) is 19.8 Å². The summed E-state index contributed by atoms with van der Waals surface area (Å²) >= 11 is 6.12. The molecule has 154 valence electrons. The summed E-state index contributed by atoms with van der Waals surface area (Å²) in [6, 6.07) is 10.6. The van der Waals surface area contributed by atoms with Gasteiger partial charge in [0.25, 0.3) is 5.91 Å². The number of rotatable bonds is 5. The zero-order chi connectivity index (χ0) is 21.0. The molecule has 1 saturated heterocycles. The Hall–Kier alpha value is -2.73. The molecule has 6 nitrogen and oxygen atoms in total. The van der Waals surface area contributed by atoms with Crippen LogP contribution in [-0.2, 0) is 4.79 Å². The highest BCUT2D eigenvalue weighted by atomic mass is 35.5. The SMILES string of the molecule is COc1ccc(C(=O)N2CCC(C(=O)Nc3cccc(Cl)c3C)CC2)cc1OC. The lowest BCUT2D eigenvalue weighted by atomic mass is 9.95. The maximum absolute atomic E-state index is 12.8.